The zero-order valence-corrected chi connectivity index (χ0v) is 10.5. The molecule has 0 saturated heterocycles. The molecule has 3 rings (SSSR count). The molecule has 5 heteroatoms. The molecule has 1 aromatic heterocycles. The number of benzene rings is 2. The number of nitrogens with zero attached hydrogens (tertiary/aromatic N) is 1. The van der Waals surface area contributed by atoms with E-state index in [1.54, 1.807) is 30.3 Å². The minimum Gasteiger partial charge on any atom is -0.508 e. The van der Waals surface area contributed by atoms with Crippen LogP contribution in [0.15, 0.2) is 40.8 Å². The molecule has 0 bridgehead atoms. The highest BCUT2D eigenvalue weighted by molar-refractivity contribution is 6.35. The summed E-state index contributed by atoms with van der Waals surface area (Å²) in [6, 6.07) is 9.80. The Morgan fingerprint density at radius 3 is 2.72 bits per heavy atom. The van der Waals surface area contributed by atoms with Crippen LogP contribution in [0.1, 0.15) is 0 Å². The molecule has 0 aliphatic heterocycles. The van der Waals surface area contributed by atoms with Crippen molar-refractivity contribution in [2.75, 3.05) is 0 Å². The van der Waals surface area contributed by atoms with Gasteiger partial charge in [-0.2, -0.15) is 0 Å². The van der Waals surface area contributed by atoms with E-state index in [4.69, 9.17) is 27.6 Å². The van der Waals surface area contributed by atoms with Gasteiger partial charge in [0.25, 0.3) is 0 Å². The first kappa shape index (κ1) is 11.4. The summed E-state index contributed by atoms with van der Waals surface area (Å²) in [7, 11) is 0. The Morgan fingerprint density at radius 1 is 1.06 bits per heavy atom. The van der Waals surface area contributed by atoms with Gasteiger partial charge in [0.05, 0.1) is 10.6 Å². The molecule has 0 aliphatic rings. The summed E-state index contributed by atoms with van der Waals surface area (Å²) in [6.45, 7) is 0. The van der Waals surface area contributed by atoms with Gasteiger partial charge in [-0.1, -0.05) is 23.2 Å². The summed E-state index contributed by atoms with van der Waals surface area (Å²) in [5.74, 6) is 0.505. The molecule has 3 aromatic rings. The molecule has 0 unspecified atom stereocenters. The highest BCUT2D eigenvalue weighted by Gasteiger charge is 2.12. The van der Waals surface area contributed by atoms with Crippen molar-refractivity contribution in [3.05, 3.63) is 46.4 Å². The smallest absolute Gasteiger partial charge is 0.228 e. The molecule has 0 saturated carbocycles. The predicted molar refractivity (Wildman–Crippen MR) is 71.1 cm³/mol. The number of oxazole rings is 1. The number of phenolic OH excluding ortho intramolecular Hbond substituents is 1. The number of hydrogen-bond acceptors (Lipinski definition) is 3. The van der Waals surface area contributed by atoms with E-state index >= 15 is 0 Å². The number of halogens is 2. The molecule has 0 fully saturated rings. The highest BCUT2D eigenvalue weighted by atomic mass is 35.5. The van der Waals surface area contributed by atoms with Crippen molar-refractivity contribution >= 4 is 34.3 Å². The van der Waals surface area contributed by atoms with Gasteiger partial charge < -0.3 is 9.52 Å². The highest BCUT2D eigenvalue weighted by Crippen LogP contribution is 2.32. The second-order valence-corrected chi connectivity index (χ2v) is 4.64. The maximum atomic E-state index is 9.37. The Hall–Kier alpha value is -1.71. The second kappa shape index (κ2) is 4.19. The van der Waals surface area contributed by atoms with Gasteiger partial charge in [0.2, 0.25) is 5.89 Å². The number of phenols is 1. The summed E-state index contributed by atoms with van der Waals surface area (Å²) in [5.41, 5.74) is 1.78. The third-order valence-corrected chi connectivity index (χ3v) is 3.10. The monoisotopic (exact) mass is 279 g/mol. The largest absolute Gasteiger partial charge is 0.508 e. The van der Waals surface area contributed by atoms with Gasteiger partial charge in [0.15, 0.2) is 5.58 Å². The lowest BCUT2D eigenvalue weighted by Crippen LogP contribution is -1.79. The van der Waals surface area contributed by atoms with E-state index in [0.29, 0.717) is 32.6 Å². The molecular weight excluding hydrogens is 273 g/mol. The predicted octanol–water partition coefficient (Wildman–Crippen LogP) is 4.51. The molecule has 1 N–H and O–H groups in total. The minimum absolute atomic E-state index is 0.127. The van der Waals surface area contributed by atoms with Crippen LogP contribution < -0.4 is 0 Å². The van der Waals surface area contributed by atoms with E-state index in [1.807, 2.05) is 0 Å². The van der Waals surface area contributed by atoms with Crippen LogP contribution in [-0.4, -0.2) is 10.1 Å². The van der Waals surface area contributed by atoms with Gasteiger partial charge in [-0.05, 0) is 30.3 Å². The normalized spacial score (nSPS) is 11.0. The molecule has 1 heterocycles. The van der Waals surface area contributed by atoms with Gasteiger partial charge in [-0.15, -0.1) is 0 Å². The molecular formula is C13H7Cl2NO2. The Kier molecular flexibility index (Phi) is 2.65. The number of aromatic nitrogens is 1. The zero-order valence-electron chi connectivity index (χ0n) is 9.02. The van der Waals surface area contributed by atoms with Crippen LogP contribution in [0.2, 0.25) is 10.0 Å². The number of hydrogen-bond donors (Lipinski definition) is 1. The van der Waals surface area contributed by atoms with Crippen LogP contribution in [0.5, 0.6) is 5.75 Å². The summed E-state index contributed by atoms with van der Waals surface area (Å²) >= 11 is 12.0. The van der Waals surface area contributed by atoms with Crippen LogP contribution in [0.3, 0.4) is 0 Å². The lowest BCUT2D eigenvalue weighted by molar-refractivity contribution is 0.474. The van der Waals surface area contributed by atoms with E-state index in [1.165, 1.54) is 6.07 Å². The first-order valence-corrected chi connectivity index (χ1v) is 5.94. The Balaban J connectivity index is 2.22. The summed E-state index contributed by atoms with van der Waals surface area (Å²) in [4.78, 5) is 4.31. The second-order valence-electron chi connectivity index (χ2n) is 3.80. The lowest BCUT2D eigenvalue weighted by Gasteiger charge is -1.99. The van der Waals surface area contributed by atoms with E-state index < -0.39 is 0 Å². The standard InChI is InChI=1S/C13H7Cl2NO2/c14-7-1-3-10(15)9(5-7)13-16-11-4-2-8(17)6-12(11)18-13/h1-6,17H. The van der Waals surface area contributed by atoms with Crippen LogP contribution in [0.4, 0.5) is 0 Å². The van der Waals surface area contributed by atoms with E-state index in [-0.39, 0.29) is 5.75 Å². The molecule has 18 heavy (non-hydrogen) atoms. The van der Waals surface area contributed by atoms with Gasteiger partial charge >= 0.3 is 0 Å². The zero-order chi connectivity index (χ0) is 12.7. The van der Waals surface area contributed by atoms with Gasteiger partial charge in [0, 0.05) is 11.1 Å². The van der Waals surface area contributed by atoms with Crippen molar-refractivity contribution in [2.45, 2.75) is 0 Å². The average molecular weight is 280 g/mol. The SMILES string of the molecule is Oc1ccc2nc(-c3cc(Cl)ccc3Cl)oc2c1. The maximum absolute atomic E-state index is 9.37. The topological polar surface area (TPSA) is 46.3 Å². The Labute approximate surface area is 113 Å². The van der Waals surface area contributed by atoms with Crippen LogP contribution >= 0.6 is 23.2 Å². The Morgan fingerprint density at radius 2 is 1.89 bits per heavy atom. The fourth-order valence-electron chi connectivity index (χ4n) is 1.69. The molecule has 0 atom stereocenters. The number of fused-ring (bicyclic) bond motifs is 1. The average Bonchev–Trinajstić information content (AvgIpc) is 2.74. The van der Waals surface area contributed by atoms with Crippen LogP contribution in [0.25, 0.3) is 22.6 Å². The Bertz CT molecular complexity index is 737. The third-order valence-electron chi connectivity index (χ3n) is 2.53. The van der Waals surface area contributed by atoms with Crippen molar-refractivity contribution in [2.24, 2.45) is 0 Å². The van der Waals surface area contributed by atoms with Gasteiger partial charge in [0.1, 0.15) is 11.3 Å². The molecule has 3 nitrogen and oxygen atoms in total. The summed E-state index contributed by atoms with van der Waals surface area (Å²) in [5, 5.41) is 10.4. The van der Waals surface area contributed by atoms with Crippen molar-refractivity contribution < 1.29 is 9.52 Å². The summed E-state index contributed by atoms with van der Waals surface area (Å²) < 4.78 is 5.56. The number of rotatable bonds is 1. The van der Waals surface area contributed by atoms with E-state index in [0.717, 1.165) is 0 Å². The lowest BCUT2D eigenvalue weighted by atomic mass is 10.2. The first-order valence-electron chi connectivity index (χ1n) is 5.18. The minimum atomic E-state index is 0.127. The van der Waals surface area contributed by atoms with Crippen molar-refractivity contribution in [1.29, 1.82) is 0 Å². The van der Waals surface area contributed by atoms with Crippen molar-refractivity contribution in [3.63, 3.8) is 0 Å². The fourth-order valence-corrected chi connectivity index (χ4v) is 2.06. The molecule has 0 amide bonds. The van der Waals surface area contributed by atoms with Gasteiger partial charge in [-0.25, -0.2) is 4.98 Å². The molecule has 2 aromatic carbocycles. The molecule has 0 aliphatic carbocycles. The maximum Gasteiger partial charge on any atom is 0.228 e. The number of aromatic hydroxyl groups is 1. The molecule has 0 spiro atoms. The summed E-state index contributed by atoms with van der Waals surface area (Å²) in [6.07, 6.45) is 0. The fraction of sp³-hybridized carbons (Fsp3) is 0. The first-order chi connectivity index (χ1) is 8.63. The van der Waals surface area contributed by atoms with E-state index in [2.05, 4.69) is 4.98 Å². The van der Waals surface area contributed by atoms with Crippen LogP contribution in [0, 0.1) is 0 Å². The molecule has 90 valence electrons. The van der Waals surface area contributed by atoms with Crippen molar-refractivity contribution in [1.82, 2.24) is 4.98 Å². The van der Waals surface area contributed by atoms with Crippen molar-refractivity contribution in [3.8, 4) is 17.2 Å². The molecule has 0 radical (unpaired) electrons. The van der Waals surface area contributed by atoms with E-state index in [9.17, 15) is 5.11 Å². The third kappa shape index (κ3) is 1.92. The quantitative estimate of drug-likeness (QED) is 0.713. The van der Waals surface area contributed by atoms with Gasteiger partial charge in [-0.3, -0.25) is 0 Å². The van der Waals surface area contributed by atoms with Crippen LogP contribution in [-0.2, 0) is 0 Å².